The monoisotopic (exact) mass is 376 g/mol. The third kappa shape index (κ3) is 4.60. The van der Waals surface area contributed by atoms with Gasteiger partial charge in [-0.3, -0.25) is 4.79 Å². The van der Waals surface area contributed by atoms with Crippen LogP contribution in [-0.2, 0) is 21.0 Å². The minimum Gasteiger partial charge on any atom is -0.352 e. The summed E-state index contributed by atoms with van der Waals surface area (Å²) in [5.41, 5.74) is -1.01. The molecule has 0 bridgehead atoms. The lowest BCUT2D eigenvalue weighted by atomic mass is 9.97. The number of amides is 1. The van der Waals surface area contributed by atoms with Crippen molar-refractivity contribution in [1.29, 1.82) is 0 Å². The van der Waals surface area contributed by atoms with E-state index in [0.717, 1.165) is 22.5 Å². The molecule has 0 saturated carbocycles. The van der Waals surface area contributed by atoms with Gasteiger partial charge in [-0.05, 0) is 31.0 Å². The van der Waals surface area contributed by atoms with Crippen molar-refractivity contribution in [2.45, 2.75) is 23.9 Å². The van der Waals surface area contributed by atoms with Crippen LogP contribution in [0.25, 0.3) is 0 Å². The van der Waals surface area contributed by atoms with E-state index in [9.17, 15) is 26.4 Å². The zero-order chi connectivity index (χ0) is 18.7. The zero-order valence-corrected chi connectivity index (χ0v) is 14.2. The minimum absolute atomic E-state index is 0.0881. The summed E-state index contributed by atoms with van der Waals surface area (Å²) in [6.07, 6.45) is -2.42. The molecule has 1 heterocycles. The SMILES string of the molecule is C=CCNC(=O)C1CCN(S(=O)(=O)c2cccc(C(F)(F)F)c2)CC1. The average molecular weight is 376 g/mol. The maximum Gasteiger partial charge on any atom is 0.416 e. The van der Waals surface area contributed by atoms with Crippen molar-refractivity contribution in [3.63, 3.8) is 0 Å². The summed E-state index contributed by atoms with van der Waals surface area (Å²) < 4.78 is 64.6. The predicted octanol–water partition coefficient (Wildman–Crippen LogP) is 2.41. The van der Waals surface area contributed by atoms with Crippen LogP contribution in [-0.4, -0.2) is 38.3 Å². The Labute approximate surface area is 144 Å². The van der Waals surface area contributed by atoms with Gasteiger partial charge >= 0.3 is 6.18 Å². The number of alkyl halides is 3. The number of rotatable bonds is 5. The van der Waals surface area contributed by atoms with Crippen LogP contribution in [0.3, 0.4) is 0 Å². The second kappa shape index (κ2) is 7.57. The third-order valence-corrected chi connectivity index (χ3v) is 5.94. The van der Waals surface area contributed by atoms with Crippen LogP contribution in [0.1, 0.15) is 18.4 Å². The normalized spacial score (nSPS) is 17.2. The molecule has 138 valence electrons. The largest absolute Gasteiger partial charge is 0.416 e. The first-order chi connectivity index (χ1) is 11.7. The number of carbonyl (C=O) groups is 1. The lowest BCUT2D eigenvalue weighted by Crippen LogP contribution is -2.43. The Balaban J connectivity index is 2.10. The highest BCUT2D eigenvalue weighted by atomic mass is 32.2. The molecule has 25 heavy (non-hydrogen) atoms. The highest BCUT2D eigenvalue weighted by Crippen LogP contribution is 2.32. The molecular formula is C16H19F3N2O3S. The molecule has 1 aromatic rings. The Bertz CT molecular complexity index is 739. The molecule has 1 aliphatic rings. The van der Waals surface area contributed by atoms with Crippen LogP contribution in [0.5, 0.6) is 0 Å². The molecule has 1 aliphatic heterocycles. The molecule has 1 amide bonds. The van der Waals surface area contributed by atoms with Gasteiger partial charge < -0.3 is 5.32 Å². The molecule has 0 radical (unpaired) electrons. The lowest BCUT2D eigenvalue weighted by molar-refractivity contribution is -0.137. The molecule has 0 spiro atoms. The Kier molecular flexibility index (Phi) is 5.89. The molecular weight excluding hydrogens is 357 g/mol. The number of halogens is 3. The van der Waals surface area contributed by atoms with Crippen molar-refractivity contribution in [2.24, 2.45) is 5.92 Å². The zero-order valence-electron chi connectivity index (χ0n) is 13.4. The summed E-state index contributed by atoms with van der Waals surface area (Å²) >= 11 is 0. The minimum atomic E-state index is -4.61. The standard InChI is InChI=1S/C16H19F3N2O3S/c1-2-8-20-15(22)12-6-9-21(10-7-12)25(23,24)14-5-3-4-13(11-14)16(17,18)19/h2-5,11-12H,1,6-10H2,(H,20,22). The number of sulfonamides is 1. The number of piperidine rings is 1. The van der Waals surface area contributed by atoms with Crippen molar-refractivity contribution >= 4 is 15.9 Å². The van der Waals surface area contributed by atoms with Crippen molar-refractivity contribution in [3.8, 4) is 0 Å². The summed E-state index contributed by atoms with van der Waals surface area (Å²) in [7, 11) is -4.03. The number of nitrogens with one attached hydrogen (secondary N) is 1. The van der Waals surface area contributed by atoms with Gasteiger partial charge in [0.05, 0.1) is 10.5 Å². The van der Waals surface area contributed by atoms with Gasteiger partial charge in [-0.25, -0.2) is 8.42 Å². The maximum atomic E-state index is 12.8. The van der Waals surface area contributed by atoms with Crippen LogP contribution >= 0.6 is 0 Å². The van der Waals surface area contributed by atoms with Crippen molar-refractivity contribution in [1.82, 2.24) is 9.62 Å². The molecule has 0 aliphatic carbocycles. The van der Waals surface area contributed by atoms with E-state index in [4.69, 9.17) is 0 Å². The fourth-order valence-corrected chi connectivity index (χ4v) is 4.17. The van der Waals surface area contributed by atoms with E-state index in [0.29, 0.717) is 25.5 Å². The first-order valence-corrected chi connectivity index (χ1v) is 9.16. The third-order valence-electron chi connectivity index (χ3n) is 4.04. The fraction of sp³-hybridized carbons (Fsp3) is 0.438. The van der Waals surface area contributed by atoms with E-state index in [-0.39, 0.29) is 24.9 Å². The molecule has 1 saturated heterocycles. The number of benzene rings is 1. The van der Waals surface area contributed by atoms with Gasteiger partial charge in [0.25, 0.3) is 0 Å². The fourth-order valence-electron chi connectivity index (χ4n) is 2.66. The van der Waals surface area contributed by atoms with Gasteiger partial charge in [0.15, 0.2) is 0 Å². The molecule has 0 atom stereocenters. The van der Waals surface area contributed by atoms with Gasteiger partial charge in [0.1, 0.15) is 0 Å². The lowest BCUT2D eigenvalue weighted by Gasteiger charge is -2.30. The Hall–Kier alpha value is -1.87. The second-order valence-corrected chi connectivity index (χ2v) is 7.68. The van der Waals surface area contributed by atoms with Crippen LogP contribution in [0.15, 0.2) is 41.8 Å². The summed E-state index contributed by atoms with van der Waals surface area (Å²) in [5.74, 6) is -0.482. The Morgan fingerprint density at radius 1 is 1.32 bits per heavy atom. The van der Waals surface area contributed by atoms with E-state index in [2.05, 4.69) is 11.9 Å². The molecule has 0 unspecified atom stereocenters. The number of nitrogens with zero attached hydrogens (tertiary/aromatic N) is 1. The molecule has 0 aromatic heterocycles. The molecule has 1 fully saturated rings. The van der Waals surface area contributed by atoms with E-state index >= 15 is 0 Å². The van der Waals surface area contributed by atoms with Gasteiger partial charge in [0.2, 0.25) is 15.9 Å². The highest BCUT2D eigenvalue weighted by molar-refractivity contribution is 7.89. The molecule has 5 nitrogen and oxygen atoms in total. The Morgan fingerprint density at radius 2 is 1.96 bits per heavy atom. The molecule has 1 N–H and O–H groups in total. The quantitative estimate of drug-likeness (QED) is 0.803. The van der Waals surface area contributed by atoms with Gasteiger partial charge in [-0.15, -0.1) is 6.58 Å². The summed E-state index contributed by atoms with van der Waals surface area (Å²) in [6.45, 7) is 4.01. The van der Waals surface area contributed by atoms with Gasteiger partial charge in [-0.1, -0.05) is 12.1 Å². The molecule has 1 aromatic carbocycles. The molecule has 9 heteroatoms. The van der Waals surface area contributed by atoms with E-state index in [1.807, 2.05) is 0 Å². The summed E-state index contributed by atoms with van der Waals surface area (Å²) in [6, 6.07) is 3.69. The van der Waals surface area contributed by atoms with Gasteiger partial charge in [0, 0.05) is 25.6 Å². The topological polar surface area (TPSA) is 66.5 Å². The summed E-state index contributed by atoms with van der Waals surface area (Å²) in [5, 5.41) is 2.66. The molecule has 2 rings (SSSR count). The first kappa shape index (κ1) is 19.5. The van der Waals surface area contributed by atoms with Gasteiger partial charge in [-0.2, -0.15) is 17.5 Å². The number of hydrogen-bond acceptors (Lipinski definition) is 3. The Morgan fingerprint density at radius 3 is 2.52 bits per heavy atom. The first-order valence-electron chi connectivity index (χ1n) is 7.72. The van der Waals surface area contributed by atoms with Crippen LogP contribution in [0, 0.1) is 5.92 Å². The van der Waals surface area contributed by atoms with E-state index < -0.39 is 26.7 Å². The van der Waals surface area contributed by atoms with Crippen molar-refractivity contribution in [3.05, 3.63) is 42.5 Å². The van der Waals surface area contributed by atoms with Crippen LogP contribution < -0.4 is 5.32 Å². The maximum absolute atomic E-state index is 12.8. The average Bonchev–Trinajstić information content (AvgIpc) is 2.59. The smallest absolute Gasteiger partial charge is 0.352 e. The van der Waals surface area contributed by atoms with Crippen LogP contribution in [0.4, 0.5) is 13.2 Å². The highest BCUT2D eigenvalue weighted by Gasteiger charge is 2.35. The van der Waals surface area contributed by atoms with E-state index in [1.165, 1.54) is 0 Å². The second-order valence-electron chi connectivity index (χ2n) is 5.74. The number of hydrogen-bond donors (Lipinski definition) is 1. The van der Waals surface area contributed by atoms with Crippen molar-refractivity contribution in [2.75, 3.05) is 19.6 Å². The van der Waals surface area contributed by atoms with Crippen LogP contribution in [0.2, 0.25) is 0 Å². The predicted molar refractivity (Wildman–Crippen MR) is 86.1 cm³/mol. The van der Waals surface area contributed by atoms with E-state index in [1.54, 1.807) is 6.08 Å². The summed E-state index contributed by atoms with van der Waals surface area (Å²) in [4.78, 5) is 11.5. The number of carbonyl (C=O) groups excluding carboxylic acids is 1. The van der Waals surface area contributed by atoms with Crippen molar-refractivity contribution < 1.29 is 26.4 Å².